The molecule has 7 heteroatoms. The molecule has 3 heterocycles. The van der Waals surface area contributed by atoms with Crippen molar-refractivity contribution < 1.29 is 4.79 Å². The average Bonchev–Trinajstić information content (AvgIpc) is 3.40. The highest BCUT2D eigenvalue weighted by atomic mass is 32.1. The highest BCUT2D eigenvalue weighted by Gasteiger charge is 2.32. The van der Waals surface area contributed by atoms with Crippen molar-refractivity contribution in [3.05, 3.63) is 39.6 Å². The molecule has 29 heavy (non-hydrogen) atoms. The van der Waals surface area contributed by atoms with Crippen LogP contribution in [-0.2, 0) is 11.3 Å². The predicted octanol–water partition coefficient (Wildman–Crippen LogP) is 4.66. The molecular formula is C22H25N3O2S2. The van der Waals surface area contributed by atoms with Gasteiger partial charge in [0.25, 0.3) is 5.56 Å². The van der Waals surface area contributed by atoms with Crippen LogP contribution in [0.2, 0.25) is 0 Å². The van der Waals surface area contributed by atoms with E-state index in [1.54, 1.807) is 11.3 Å². The zero-order chi connectivity index (χ0) is 19.8. The number of carbonyl (C=O) groups is 1. The smallest absolute Gasteiger partial charge is 0.263 e. The Balaban J connectivity index is 1.31. The Morgan fingerprint density at radius 2 is 2.03 bits per heavy atom. The molecule has 5 nitrogen and oxygen atoms in total. The van der Waals surface area contributed by atoms with Gasteiger partial charge < -0.3 is 5.32 Å². The summed E-state index contributed by atoms with van der Waals surface area (Å²) in [6.45, 7) is 0.0338. The van der Waals surface area contributed by atoms with E-state index in [1.807, 2.05) is 22.9 Å². The molecule has 0 spiro atoms. The molecule has 0 radical (unpaired) electrons. The lowest BCUT2D eigenvalue weighted by molar-refractivity contribution is -0.122. The first-order valence-corrected chi connectivity index (χ1v) is 12.2. The third-order valence-electron chi connectivity index (χ3n) is 6.57. The summed E-state index contributed by atoms with van der Waals surface area (Å²) in [4.78, 5) is 32.0. The number of amides is 1. The molecule has 0 saturated heterocycles. The molecule has 3 atom stereocenters. The van der Waals surface area contributed by atoms with Gasteiger partial charge in [-0.25, -0.2) is 4.98 Å². The predicted molar refractivity (Wildman–Crippen MR) is 118 cm³/mol. The summed E-state index contributed by atoms with van der Waals surface area (Å²) >= 11 is 3.08. The number of fused-ring (bicyclic) bond motifs is 2. The summed E-state index contributed by atoms with van der Waals surface area (Å²) in [5.74, 6) is 1.54. The largest absolute Gasteiger partial charge is 0.352 e. The third kappa shape index (κ3) is 3.78. The van der Waals surface area contributed by atoms with Gasteiger partial charge in [0.2, 0.25) is 5.91 Å². The maximum atomic E-state index is 13.1. The molecule has 1 N–H and O–H groups in total. The van der Waals surface area contributed by atoms with Gasteiger partial charge in [-0.15, -0.1) is 22.7 Å². The van der Waals surface area contributed by atoms with Gasteiger partial charge in [-0.3, -0.25) is 14.2 Å². The van der Waals surface area contributed by atoms with Crippen molar-refractivity contribution in [3.8, 4) is 10.4 Å². The number of aromatic nitrogens is 2. The molecule has 2 aliphatic rings. The van der Waals surface area contributed by atoms with Gasteiger partial charge in [0.15, 0.2) is 0 Å². The zero-order valence-electron chi connectivity index (χ0n) is 16.3. The lowest BCUT2D eigenvalue weighted by Gasteiger charge is -2.39. The van der Waals surface area contributed by atoms with Crippen LogP contribution >= 0.6 is 22.7 Å². The number of carbonyl (C=O) groups excluding carboxylic acids is 1. The molecule has 5 rings (SSSR count). The molecule has 2 saturated carbocycles. The van der Waals surface area contributed by atoms with E-state index in [-0.39, 0.29) is 24.1 Å². The Morgan fingerprint density at radius 1 is 1.17 bits per heavy atom. The molecule has 0 aliphatic heterocycles. The van der Waals surface area contributed by atoms with Crippen LogP contribution in [0.15, 0.2) is 34.0 Å². The topological polar surface area (TPSA) is 64.0 Å². The Labute approximate surface area is 177 Å². The van der Waals surface area contributed by atoms with Crippen molar-refractivity contribution in [2.24, 2.45) is 11.8 Å². The minimum atomic E-state index is -0.134. The fourth-order valence-electron chi connectivity index (χ4n) is 5.13. The van der Waals surface area contributed by atoms with Gasteiger partial charge in [-0.1, -0.05) is 31.7 Å². The van der Waals surface area contributed by atoms with E-state index < -0.39 is 0 Å². The van der Waals surface area contributed by atoms with Crippen molar-refractivity contribution in [3.63, 3.8) is 0 Å². The van der Waals surface area contributed by atoms with Crippen LogP contribution in [0.1, 0.15) is 44.9 Å². The number of nitrogens with one attached hydrogen (secondary N) is 1. The average molecular weight is 428 g/mol. The van der Waals surface area contributed by atoms with Gasteiger partial charge in [0.05, 0.1) is 11.7 Å². The second-order valence-electron chi connectivity index (χ2n) is 8.37. The summed E-state index contributed by atoms with van der Waals surface area (Å²) in [5.41, 5.74) is 0.786. The first kappa shape index (κ1) is 19.0. The van der Waals surface area contributed by atoms with E-state index in [4.69, 9.17) is 0 Å². The fourth-order valence-corrected chi connectivity index (χ4v) is 6.85. The summed E-state index contributed by atoms with van der Waals surface area (Å²) < 4.78 is 1.45. The van der Waals surface area contributed by atoms with Gasteiger partial charge in [0, 0.05) is 21.9 Å². The second kappa shape index (κ2) is 8.03. The Bertz CT molecular complexity index is 1070. The molecule has 152 valence electrons. The molecule has 3 aromatic rings. The fraction of sp³-hybridized carbons (Fsp3) is 0.500. The molecule has 0 aromatic carbocycles. The molecule has 1 amide bonds. The van der Waals surface area contributed by atoms with Crippen molar-refractivity contribution >= 4 is 38.8 Å². The van der Waals surface area contributed by atoms with Crippen LogP contribution in [0.3, 0.4) is 0 Å². The third-order valence-corrected chi connectivity index (χ3v) is 8.36. The van der Waals surface area contributed by atoms with Crippen molar-refractivity contribution in [1.29, 1.82) is 0 Å². The van der Waals surface area contributed by atoms with Crippen molar-refractivity contribution in [1.82, 2.24) is 14.9 Å². The monoisotopic (exact) mass is 427 g/mol. The van der Waals surface area contributed by atoms with Crippen LogP contribution in [0, 0.1) is 11.8 Å². The summed E-state index contributed by atoms with van der Waals surface area (Å²) in [6, 6.07) is 4.24. The summed E-state index contributed by atoms with van der Waals surface area (Å²) in [5, 5.41) is 7.80. The molecular weight excluding hydrogens is 402 g/mol. The highest BCUT2D eigenvalue weighted by Crippen LogP contribution is 2.40. The second-order valence-corrected chi connectivity index (χ2v) is 10.2. The van der Waals surface area contributed by atoms with Gasteiger partial charge in [-0.2, -0.15) is 0 Å². The first-order chi connectivity index (χ1) is 14.2. The Hall–Kier alpha value is -1.99. The quantitative estimate of drug-likeness (QED) is 0.658. The molecule has 0 bridgehead atoms. The van der Waals surface area contributed by atoms with Crippen LogP contribution in [-0.4, -0.2) is 21.5 Å². The number of rotatable bonds is 4. The minimum Gasteiger partial charge on any atom is -0.352 e. The maximum Gasteiger partial charge on any atom is 0.263 e. The number of nitrogens with zero attached hydrogens (tertiary/aromatic N) is 2. The highest BCUT2D eigenvalue weighted by molar-refractivity contribution is 7.18. The SMILES string of the molecule is O=C(Cn1cnc2scc(-c3cccs3)c2c1=O)N[C@@H]1CC[C@H]2CCCC[C@@H]2C1. The van der Waals surface area contributed by atoms with E-state index in [0.717, 1.165) is 39.9 Å². The summed E-state index contributed by atoms with van der Waals surface area (Å²) in [6.07, 6.45) is 10.3. The normalized spacial score (nSPS) is 24.3. The Morgan fingerprint density at radius 3 is 2.86 bits per heavy atom. The lowest BCUT2D eigenvalue weighted by atomic mass is 9.69. The van der Waals surface area contributed by atoms with E-state index in [2.05, 4.69) is 10.3 Å². The van der Waals surface area contributed by atoms with Crippen LogP contribution < -0.4 is 10.9 Å². The lowest BCUT2D eigenvalue weighted by Crippen LogP contribution is -2.43. The molecule has 0 unspecified atom stereocenters. The van der Waals surface area contributed by atoms with E-state index in [1.165, 1.54) is 54.3 Å². The standard InChI is InChI=1S/C22H25N3O2S2/c26-19(24-16-8-7-14-4-1-2-5-15(14)10-16)11-25-13-23-21-20(22(25)27)17(12-29-21)18-6-3-9-28-18/h3,6,9,12-16H,1-2,4-5,7-8,10-11H2,(H,24,26)/t14-,15-,16-/m1/s1. The summed E-state index contributed by atoms with van der Waals surface area (Å²) in [7, 11) is 0. The molecule has 2 aliphatic carbocycles. The first-order valence-electron chi connectivity index (χ1n) is 10.5. The molecule has 3 aromatic heterocycles. The number of hydrogen-bond acceptors (Lipinski definition) is 5. The van der Waals surface area contributed by atoms with Crippen LogP contribution in [0.5, 0.6) is 0 Å². The van der Waals surface area contributed by atoms with Gasteiger partial charge >= 0.3 is 0 Å². The molecule has 2 fully saturated rings. The zero-order valence-corrected chi connectivity index (χ0v) is 17.9. The van der Waals surface area contributed by atoms with Crippen molar-refractivity contribution in [2.75, 3.05) is 0 Å². The number of thiophene rings is 2. The van der Waals surface area contributed by atoms with Crippen molar-refractivity contribution in [2.45, 2.75) is 57.5 Å². The Kier molecular flexibility index (Phi) is 5.26. The van der Waals surface area contributed by atoms with Gasteiger partial charge in [0.1, 0.15) is 11.4 Å². The van der Waals surface area contributed by atoms with E-state index in [0.29, 0.717) is 5.39 Å². The minimum absolute atomic E-state index is 0.0338. The van der Waals surface area contributed by atoms with E-state index in [9.17, 15) is 9.59 Å². The maximum absolute atomic E-state index is 13.1. The van der Waals surface area contributed by atoms with Gasteiger partial charge in [-0.05, 0) is 42.5 Å². The van der Waals surface area contributed by atoms with Crippen LogP contribution in [0.25, 0.3) is 20.7 Å². The number of hydrogen-bond donors (Lipinski definition) is 1. The van der Waals surface area contributed by atoms with Crippen LogP contribution in [0.4, 0.5) is 0 Å². The van der Waals surface area contributed by atoms with E-state index >= 15 is 0 Å².